The molecule has 0 aliphatic heterocycles. The van der Waals surface area contributed by atoms with Crippen LogP contribution in [0, 0.1) is 5.82 Å². The van der Waals surface area contributed by atoms with Crippen LogP contribution in [0.4, 0.5) is 15.8 Å². The summed E-state index contributed by atoms with van der Waals surface area (Å²) in [5, 5.41) is 2.77. The van der Waals surface area contributed by atoms with E-state index < -0.39 is 11.7 Å². The lowest BCUT2D eigenvalue weighted by molar-refractivity contribution is 0.102. The Morgan fingerprint density at radius 1 is 1.16 bits per heavy atom. The van der Waals surface area contributed by atoms with Crippen molar-refractivity contribution < 1.29 is 9.18 Å². The maximum atomic E-state index is 13.4. The van der Waals surface area contributed by atoms with Crippen molar-refractivity contribution in [1.82, 2.24) is 0 Å². The van der Waals surface area contributed by atoms with E-state index in [1.807, 2.05) is 0 Å². The second-order valence-electron chi connectivity index (χ2n) is 3.79. The smallest absolute Gasteiger partial charge is 0.255 e. The standard InChI is InChI=1S/C13H9Cl2FN2O/c14-8-5-7(6-9(15)12(8)17)13(19)18-11-4-2-1-3-10(11)16/h1-6H,17H2,(H,18,19). The molecule has 2 aromatic carbocycles. The minimum Gasteiger partial charge on any atom is -0.396 e. The molecule has 0 unspecified atom stereocenters. The predicted octanol–water partition coefficient (Wildman–Crippen LogP) is 3.97. The number of nitrogens with two attached hydrogens (primary N) is 1. The Bertz CT molecular complexity index is 623. The number of carbonyl (C=O) groups excluding carboxylic acids is 1. The van der Waals surface area contributed by atoms with Gasteiger partial charge in [-0.3, -0.25) is 4.79 Å². The van der Waals surface area contributed by atoms with E-state index in [0.717, 1.165) is 0 Å². The number of halogens is 3. The van der Waals surface area contributed by atoms with Gasteiger partial charge in [0.2, 0.25) is 0 Å². The van der Waals surface area contributed by atoms with Crippen molar-refractivity contribution in [3.63, 3.8) is 0 Å². The van der Waals surface area contributed by atoms with Crippen molar-refractivity contribution in [3.05, 3.63) is 57.8 Å². The van der Waals surface area contributed by atoms with Crippen LogP contribution in [0.2, 0.25) is 10.0 Å². The lowest BCUT2D eigenvalue weighted by atomic mass is 10.2. The highest BCUT2D eigenvalue weighted by molar-refractivity contribution is 6.39. The van der Waals surface area contributed by atoms with Crippen LogP contribution in [0.5, 0.6) is 0 Å². The zero-order valence-corrected chi connectivity index (χ0v) is 11.1. The number of nitrogen functional groups attached to an aromatic ring is 1. The summed E-state index contributed by atoms with van der Waals surface area (Å²) in [5.74, 6) is -1.04. The second-order valence-corrected chi connectivity index (χ2v) is 4.60. The fourth-order valence-corrected chi connectivity index (χ4v) is 1.96. The van der Waals surface area contributed by atoms with Crippen LogP contribution in [0.1, 0.15) is 10.4 Å². The molecule has 0 aliphatic carbocycles. The maximum Gasteiger partial charge on any atom is 0.255 e. The van der Waals surface area contributed by atoms with Gasteiger partial charge in [-0.2, -0.15) is 0 Å². The number of benzene rings is 2. The Hall–Kier alpha value is -1.78. The van der Waals surface area contributed by atoms with E-state index in [1.54, 1.807) is 6.07 Å². The number of nitrogens with one attached hydrogen (secondary N) is 1. The van der Waals surface area contributed by atoms with Crippen molar-refractivity contribution in [2.75, 3.05) is 11.1 Å². The van der Waals surface area contributed by atoms with Crippen molar-refractivity contribution in [3.8, 4) is 0 Å². The quantitative estimate of drug-likeness (QED) is 0.824. The number of anilines is 2. The summed E-state index contributed by atoms with van der Waals surface area (Å²) >= 11 is 11.7. The lowest BCUT2D eigenvalue weighted by Crippen LogP contribution is -2.13. The van der Waals surface area contributed by atoms with E-state index in [9.17, 15) is 9.18 Å². The summed E-state index contributed by atoms with van der Waals surface area (Å²) in [7, 11) is 0. The molecule has 2 rings (SSSR count). The fourth-order valence-electron chi connectivity index (χ4n) is 1.47. The van der Waals surface area contributed by atoms with E-state index in [-0.39, 0.29) is 27.0 Å². The van der Waals surface area contributed by atoms with Gasteiger partial charge in [-0.1, -0.05) is 35.3 Å². The largest absolute Gasteiger partial charge is 0.396 e. The van der Waals surface area contributed by atoms with E-state index in [4.69, 9.17) is 28.9 Å². The average molecular weight is 299 g/mol. The van der Waals surface area contributed by atoms with Crippen molar-refractivity contribution >= 4 is 40.5 Å². The predicted molar refractivity (Wildman–Crippen MR) is 75.2 cm³/mol. The average Bonchev–Trinajstić information content (AvgIpc) is 2.38. The first-order valence-electron chi connectivity index (χ1n) is 5.29. The molecule has 0 saturated heterocycles. The van der Waals surface area contributed by atoms with Crippen LogP contribution < -0.4 is 11.1 Å². The second kappa shape index (κ2) is 5.47. The van der Waals surface area contributed by atoms with Gasteiger partial charge in [0.25, 0.3) is 5.91 Å². The molecule has 19 heavy (non-hydrogen) atoms. The van der Waals surface area contributed by atoms with Crippen molar-refractivity contribution in [1.29, 1.82) is 0 Å². The van der Waals surface area contributed by atoms with E-state index in [0.29, 0.717) is 0 Å². The molecular formula is C13H9Cl2FN2O. The molecule has 0 aliphatic rings. The third-order valence-electron chi connectivity index (χ3n) is 2.46. The molecule has 0 spiro atoms. The van der Waals surface area contributed by atoms with Crippen molar-refractivity contribution in [2.24, 2.45) is 0 Å². The molecule has 3 nitrogen and oxygen atoms in total. The van der Waals surface area contributed by atoms with E-state index >= 15 is 0 Å². The van der Waals surface area contributed by atoms with Gasteiger partial charge in [0.15, 0.2) is 0 Å². The molecule has 0 heterocycles. The molecule has 3 N–H and O–H groups in total. The summed E-state index contributed by atoms with van der Waals surface area (Å²) < 4.78 is 13.4. The monoisotopic (exact) mass is 298 g/mol. The normalized spacial score (nSPS) is 10.3. The maximum absolute atomic E-state index is 13.4. The zero-order valence-electron chi connectivity index (χ0n) is 9.58. The Kier molecular flexibility index (Phi) is 3.93. The van der Waals surface area contributed by atoms with Crippen LogP contribution in [0.15, 0.2) is 36.4 Å². The number of amides is 1. The van der Waals surface area contributed by atoms with Gasteiger partial charge in [-0.25, -0.2) is 4.39 Å². The topological polar surface area (TPSA) is 55.1 Å². The Balaban J connectivity index is 2.28. The fraction of sp³-hybridized carbons (Fsp3) is 0. The number of hydrogen-bond donors (Lipinski definition) is 2. The number of carbonyl (C=O) groups is 1. The highest BCUT2D eigenvalue weighted by Crippen LogP contribution is 2.29. The van der Waals surface area contributed by atoms with Crippen LogP contribution in [0.3, 0.4) is 0 Å². The van der Waals surface area contributed by atoms with Gasteiger partial charge in [0.1, 0.15) is 5.82 Å². The highest BCUT2D eigenvalue weighted by atomic mass is 35.5. The molecule has 0 saturated carbocycles. The van der Waals surface area contributed by atoms with Gasteiger partial charge in [-0.15, -0.1) is 0 Å². The Morgan fingerprint density at radius 2 is 1.74 bits per heavy atom. The molecule has 6 heteroatoms. The summed E-state index contributed by atoms with van der Waals surface area (Å²) in [4.78, 5) is 11.9. The third-order valence-corrected chi connectivity index (χ3v) is 3.09. The van der Waals surface area contributed by atoms with Gasteiger partial charge < -0.3 is 11.1 Å². The van der Waals surface area contributed by atoms with Crippen LogP contribution in [-0.2, 0) is 0 Å². The zero-order chi connectivity index (χ0) is 14.0. The van der Waals surface area contributed by atoms with Gasteiger partial charge in [0, 0.05) is 5.56 Å². The Labute approximate surface area is 119 Å². The first kappa shape index (κ1) is 13.6. The van der Waals surface area contributed by atoms with Gasteiger partial charge in [-0.05, 0) is 24.3 Å². The third kappa shape index (κ3) is 2.97. The Morgan fingerprint density at radius 3 is 2.32 bits per heavy atom. The number of para-hydroxylation sites is 1. The van der Waals surface area contributed by atoms with Crippen LogP contribution in [0.25, 0.3) is 0 Å². The minimum absolute atomic E-state index is 0.0802. The minimum atomic E-state index is -0.525. The SMILES string of the molecule is Nc1c(Cl)cc(C(=O)Nc2ccccc2F)cc1Cl. The summed E-state index contributed by atoms with van der Waals surface area (Å²) in [6.45, 7) is 0. The summed E-state index contributed by atoms with van der Waals surface area (Å²) in [6, 6.07) is 8.59. The van der Waals surface area contributed by atoms with Crippen LogP contribution in [-0.4, -0.2) is 5.91 Å². The molecule has 1 amide bonds. The molecule has 0 bridgehead atoms. The molecule has 0 radical (unpaired) electrons. The van der Waals surface area contributed by atoms with Crippen LogP contribution >= 0.6 is 23.2 Å². The molecule has 2 aromatic rings. The number of rotatable bonds is 2. The van der Waals surface area contributed by atoms with Gasteiger partial charge in [0.05, 0.1) is 21.4 Å². The first-order chi connectivity index (χ1) is 8.99. The molecule has 0 atom stereocenters. The molecule has 0 aromatic heterocycles. The molecule has 0 fully saturated rings. The first-order valence-corrected chi connectivity index (χ1v) is 6.05. The molecular weight excluding hydrogens is 290 g/mol. The van der Waals surface area contributed by atoms with E-state index in [2.05, 4.69) is 5.32 Å². The lowest BCUT2D eigenvalue weighted by Gasteiger charge is -2.08. The number of hydrogen-bond acceptors (Lipinski definition) is 2. The summed E-state index contributed by atoms with van der Waals surface area (Å²) in [5.41, 5.74) is 6.05. The van der Waals surface area contributed by atoms with E-state index in [1.165, 1.54) is 30.3 Å². The molecule has 98 valence electrons. The summed E-state index contributed by atoms with van der Waals surface area (Å²) in [6.07, 6.45) is 0. The highest BCUT2D eigenvalue weighted by Gasteiger charge is 2.12. The van der Waals surface area contributed by atoms with Gasteiger partial charge >= 0.3 is 0 Å². The van der Waals surface area contributed by atoms with Crippen molar-refractivity contribution in [2.45, 2.75) is 0 Å².